The van der Waals surface area contributed by atoms with Gasteiger partial charge in [-0.25, -0.2) is 13.6 Å². The first-order chi connectivity index (χ1) is 16.4. The third-order valence-electron chi connectivity index (χ3n) is 5.75. The minimum atomic E-state index is -1.00. The molecule has 2 aliphatic heterocycles. The van der Waals surface area contributed by atoms with Crippen molar-refractivity contribution >= 4 is 44.5 Å². The zero-order valence-corrected chi connectivity index (χ0v) is 21.6. The molecule has 2 aliphatic rings. The predicted molar refractivity (Wildman–Crippen MR) is 126 cm³/mol. The summed E-state index contributed by atoms with van der Waals surface area (Å²) >= 11 is 9.17. The van der Waals surface area contributed by atoms with Crippen molar-refractivity contribution in [1.82, 2.24) is 20.3 Å². The number of fused-ring (bicyclic) bond motifs is 2. The van der Waals surface area contributed by atoms with Gasteiger partial charge in [-0.1, -0.05) is 23.2 Å². The Bertz CT molecular complexity index is 1180. The number of halogens is 4. The number of ether oxygens (including phenoxy) is 2. The van der Waals surface area contributed by atoms with Crippen molar-refractivity contribution in [3.63, 3.8) is 0 Å². The fraction of sp³-hybridized carbons (Fsp3) is 0.500. The van der Waals surface area contributed by atoms with Gasteiger partial charge in [-0.3, -0.25) is 9.79 Å². The van der Waals surface area contributed by atoms with Gasteiger partial charge in [-0.2, -0.15) is 15.4 Å². The molecule has 2 saturated heterocycles. The first kappa shape index (κ1) is 25.8. The molecule has 1 N–H and O–H groups in total. The van der Waals surface area contributed by atoms with Gasteiger partial charge in [0.1, 0.15) is 23.0 Å². The largest absolute Gasteiger partial charge is 0.442 e. The number of benzene rings is 1. The molecule has 35 heavy (non-hydrogen) atoms. The zero-order chi connectivity index (χ0) is 25.5. The molecule has 0 saturated carbocycles. The van der Waals surface area contributed by atoms with Crippen LogP contribution < -0.4 is 15.1 Å². The van der Waals surface area contributed by atoms with Crippen LogP contribution in [-0.4, -0.2) is 51.4 Å². The topological polar surface area (TPSA) is 95.0 Å². The average molecular weight is 578 g/mol. The Morgan fingerprint density at radius 2 is 2.14 bits per heavy atom. The highest BCUT2D eigenvalue weighted by atomic mass is 79.9. The van der Waals surface area contributed by atoms with Crippen LogP contribution in [0.25, 0.3) is 10.9 Å². The van der Waals surface area contributed by atoms with Crippen LogP contribution in [0.15, 0.2) is 22.9 Å². The molecule has 4 rings (SSSR count). The van der Waals surface area contributed by atoms with Crippen LogP contribution in [0.1, 0.15) is 40.0 Å². The first-order valence-corrected chi connectivity index (χ1v) is 12.0. The maximum absolute atomic E-state index is 15.0. The number of hydrogen-bond donors (Lipinski definition) is 1. The predicted octanol–water partition coefficient (Wildman–Crippen LogP) is 5.40. The van der Waals surface area contributed by atoms with Crippen molar-refractivity contribution in [1.29, 1.82) is 0 Å². The van der Waals surface area contributed by atoms with Crippen LogP contribution in [-0.2, 0) is 9.73 Å². The van der Waals surface area contributed by atoms with Crippen molar-refractivity contribution in [2.45, 2.75) is 57.3 Å². The maximum Gasteiger partial charge on any atom is 0.435 e. The first-order valence-electron chi connectivity index (χ1n) is 10.8. The third-order valence-corrected chi connectivity index (χ3v) is 7.05. The van der Waals surface area contributed by atoms with E-state index in [1.165, 1.54) is 6.07 Å². The van der Waals surface area contributed by atoms with E-state index in [1.807, 2.05) is 10.4 Å². The van der Waals surface area contributed by atoms with Gasteiger partial charge < -0.3 is 9.47 Å². The van der Waals surface area contributed by atoms with Crippen molar-refractivity contribution in [3.8, 4) is 11.9 Å². The SMILES string of the molecule is C=C(Oc1nc(OONC(=O)OC(C)(C)C)c2cc(Cl)c(Br)c(F)c2n1)[C@@]12CCCN1C[C@H](F)C2. The molecular weight excluding hydrogens is 554 g/mol. The van der Waals surface area contributed by atoms with Crippen LogP contribution in [0.3, 0.4) is 0 Å². The molecule has 0 spiro atoms. The van der Waals surface area contributed by atoms with E-state index in [4.69, 9.17) is 31.0 Å². The van der Waals surface area contributed by atoms with Crippen LogP contribution >= 0.6 is 27.5 Å². The average Bonchev–Trinajstić information content (AvgIpc) is 3.28. The van der Waals surface area contributed by atoms with E-state index >= 15 is 4.39 Å². The Balaban J connectivity index is 1.62. The normalized spacial score (nSPS) is 22.2. The number of aromatic nitrogens is 2. The quantitative estimate of drug-likeness (QED) is 0.211. The number of hydroxylamine groups is 1. The van der Waals surface area contributed by atoms with Gasteiger partial charge in [-0.15, -0.1) is 0 Å². The number of alkyl halides is 1. The Labute approximate surface area is 213 Å². The Kier molecular flexibility index (Phi) is 7.11. The molecule has 13 heteroatoms. The van der Waals surface area contributed by atoms with Crippen molar-refractivity contribution < 1.29 is 32.9 Å². The van der Waals surface area contributed by atoms with Crippen LogP contribution in [0, 0.1) is 5.82 Å². The second kappa shape index (κ2) is 9.64. The number of amides is 1. The molecule has 2 fully saturated rings. The molecule has 2 atom stereocenters. The second-order valence-electron chi connectivity index (χ2n) is 9.37. The summed E-state index contributed by atoms with van der Waals surface area (Å²) in [5, 5.41) is 0.0760. The van der Waals surface area contributed by atoms with Crippen molar-refractivity contribution in [3.05, 3.63) is 33.7 Å². The molecule has 1 aromatic carbocycles. The lowest BCUT2D eigenvalue weighted by molar-refractivity contribution is -0.250. The summed E-state index contributed by atoms with van der Waals surface area (Å²) in [4.78, 5) is 32.0. The number of carbonyl (C=O) groups excluding carboxylic acids is 1. The van der Waals surface area contributed by atoms with E-state index in [0.717, 1.165) is 13.0 Å². The lowest BCUT2D eigenvalue weighted by Gasteiger charge is -2.32. The molecule has 1 aromatic heterocycles. The molecular formula is C22H24BrClF2N4O5. The highest BCUT2D eigenvalue weighted by Gasteiger charge is 2.52. The molecule has 0 aliphatic carbocycles. The van der Waals surface area contributed by atoms with Crippen LogP contribution in [0.5, 0.6) is 11.9 Å². The summed E-state index contributed by atoms with van der Waals surface area (Å²) in [5.74, 6) is -0.833. The Morgan fingerprint density at radius 3 is 2.86 bits per heavy atom. The van der Waals surface area contributed by atoms with Gasteiger partial charge in [0, 0.05) is 13.0 Å². The molecule has 1 amide bonds. The lowest BCUT2D eigenvalue weighted by atomic mass is 9.92. The number of rotatable bonds is 6. The smallest absolute Gasteiger partial charge is 0.435 e. The van der Waals surface area contributed by atoms with Gasteiger partial charge in [0.2, 0.25) is 0 Å². The number of nitrogens with one attached hydrogen (secondary N) is 1. The van der Waals surface area contributed by atoms with Crippen molar-refractivity contribution in [2.24, 2.45) is 0 Å². The Morgan fingerprint density at radius 1 is 1.40 bits per heavy atom. The summed E-state index contributed by atoms with van der Waals surface area (Å²) in [6.07, 6.45) is -0.153. The van der Waals surface area contributed by atoms with E-state index < -0.39 is 29.2 Å². The minimum absolute atomic E-state index is 0.0227. The number of carbonyl (C=O) groups is 1. The standard InChI is InChI=1S/C22H24BrClF2N4O5/c1-11(22-6-5-7-30(22)10-12(25)9-22)32-19-27-17-13(8-14(24)15(23)16(17)26)18(28-19)34-35-29-20(31)33-21(2,3)4/h8,12H,1,5-7,9-10H2,2-4H3,(H,29,31)/t12-,22+/m1/s1. The molecule has 0 unspecified atom stereocenters. The van der Waals surface area contributed by atoms with Gasteiger partial charge in [0.15, 0.2) is 5.82 Å². The fourth-order valence-corrected chi connectivity index (χ4v) is 4.86. The van der Waals surface area contributed by atoms with E-state index in [1.54, 1.807) is 20.8 Å². The Hall–Kier alpha value is -2.28. The molecule has 190 valence electrons. The summed E-state index contributed by atoms with van der Waals surface area (Å²) in [5.41, 5.74) is 0.296. The van der Waals surface area contributed by atoms with E-state index in [0.29, 0.717) is 13.0 Å². The molecule has 3 heterocycles. The number of hydrogen-bond acceptors (Lipinski definition) is 8. The highest BCUT2D eigenvalue weighted by molar-refractivity contribution is 9.10. The fourth-order valence-electron chi connectivity index (χ4n) is 4.36. The van der Waals surface area contributed by atoms with E-state index in [-0.39, 0.29) is 44.5 Å². The van der Waals surface area contributed by atoms with Crippen LogP contribution in [0.4, 0.5) is 13.6 Å². The summed E-state index contributed by atoms with van der Waals surface area (Å²) < 4.78 is 40.1. The summed E-state index contributed by atoms with van der Waals surface area (Å²) in [6.45, 7) is 10.0. The third kappa shape index (κ3) is 5.30. The van der Waals surface area contributed by atoms with Gasteiger partial charge in [0.25, 0.3) is 5.88 Å². The van der Waals surface area contributed by atoms with E-state index in [9.17, 15) is 9.18 Å². The van der Waals surface area contributed by atoms with E-state index in [2.05, 4.69) is 32.5 Å². The van der Waals surface area contributed by atoms with Gasteiger partial charge in [0.05, 0.1) is 20.4 Å². The highest BCUT2D eigenvalue weighted by Crippen LogP contribution is 2.45. The lowest BCUT2D eigenvalue weighted by Crippen LogP contribution is -2.41. The maximum atomic E-state index is 15.0. The summed E-state index contributed by atoms with van der Waals surface area (Å²) in [7, 11) is 0. The monoisotopic (exact) mass is 576 g/mol. The van der Waals surface area contributed by atoms with Crippen LogP contribution in [0.2, 0.25) is 5.02 Å². The molecule has 2 aromatic rings. The second-order valence-corrected chi connectivity index (χ2v) is 10.6. The van der Waals surface area contributed by atoms with Gasteiger partial charge >= 0.3 is 12.1 Å². The molecule has 0 radical (unpaired) electrons. The van der Waals surface area contributed by atoms with Crippen molar-refractivity contribution in [2.75, 3.05) is 13.1 Å². The minimum Gasteiger partial charge on any atom is -0.442 e. The molecule has 0 bridgehead atoms. The zero-order valence-electron chi connectivity index (χ0n) is 19.3. The summed E-state index contributed by atoms with van der Waals surface area (Å²) in [6, 6.07) is 1.06. The molecule has 9 nitrogen and oxygen atoms in total. The number of nitrogens with zero attached hydrogens (tertiary/aromatic N) is 3. The van der Waals surface area contributed by atoms with Gasteiger partial charge in [-0.05, 0) is 62.2 Å².